The largest absolute Gasteiger partial charge is 0.356 e. The second kappa shape index (κ2) is 12.9. The Morgan fingerprint density at radius 1 is 0.806 bits per heavy atom. The molecule has 4 N–H and O–H groups in total. The van der Waals surface area contributed by atoms with Crippen molar-refractivity contribution in [3.8, 4) is 0 Å². The summed E-state index contributed by atoms with van der Waals surface area (Å²) < 4.78 is 0. The van der Waals surface area contributed by atoms with Crippen LogP contribution < -0.4 is 16.0 Å². The molecule has 0 bridgehead atoms. The van der Waals surface area contributed by atoms with Crippen LogP contribution in [0.4, 0.5) is 5.95 Å². The first-order valence-corrected chi connectivity index (χ1v) is 12.2. The fraction of sp³-hybridized carbons (Fsp3) is 0.207. The van der Waals surface area contributed by atoms with Crippen molar-refractivity contribution >= 4 is 17.8 Å². The highest BCUT2D eigenvalue weighted by Crippen LogP contribution is 2.25. The van der Waals surface area contributed by atoms with Crippen LogP contribution in [-0.2, 0) is 16.1 Å². The summed E-state index contributed by atoms with van der Waals surface area (Å²) in [5.74, 6) is -0.244. The molecule has 0 aliphatic heterocycles. The molecule has 36 heavy (non-hydrogen) atoms. The number of H-pyrrole nitrogens is 1. The van der Waals surface area contributed by atoms with Crippen LogP contribution in [0.25, 0.3) is 0 Å². The van der Waals surface area contributed by atoms with E-state index in [0.717, 1.165) is 16.7 Å². The van der Waals surface area contributed by atoms with Crippen LogP contribution in [0.1, 0.15) is 35.4 Å². The van der Waals surface area contributed by atoms with Crippen LogP contribution in [-0.4, -0.2) is 34.4 Å². The van der Waals surface area contributed by atoms with Gasteiger partial charge in [-0.25, -0.2) is 4.98 Å². The number of carbonyl (C=O) groups is 2. The van der Waals surface area contributed by atoms with Gasteiger partial charge in [-0.1, -0.05) is 91.0 Å². The SMILES string of the molecule is O=C(NCc1ccccc1)C(CCCNc1ncc[nH]1)NC(=O)C(c1ccccc1)c1ccccc1. The highest BCUT2D eigenvalue weighted by atomic mass is 16.2. The number of aromatic nitrogens is 2. The number of nitrogens with zero attached hydrogens (tertiary/aromatic N) is 1. The first-order chi connectivity index (χ1) is 17.7. The first-order valence-electron chi connectivity index (χ1n) is 12.2. The maximum Gasteiger partial charge on any atom is 0.242 e. The number of hydrogen-bond donors (Lipinski definition) is 4. The molecule has 0 fully saturated rings. The van der Waals surface area contributed by atoms with Gasteiger partial charge in [-0.3, -0.25) is 9.59 Å². The number of imidazole rings is 1. The third kappa shape index (κ3) is 7.06. The van der Waals surface area contributed by atoms with E-state index in [1.54, 1.807) is 12.4 Å². The molecule has 7 heteroatoms. The van der Waals surface area contributed by atoms with E-state index in [0.29, 0.717) is 31.9 Å². The van der Waals surface area contributed by atoms with E-state index >= 15 is 0 Å². The number of rotatable bonds is 12. The van der Waals surface area contributed by atoms with Gasteiger partial charge in [0.1, 0.15) is 6.04 Å². The molecule has 0 aliphatic rings. The predicted octanol–water partition coefficient (Wildman–Crippen LogP) is 4.24. The minimum atomic E-state index is -0.672. The maximum atomic E-state index is 13.6. The van der Waals surface area contributed by atoms with Crippen molar-refractivity contribution in [1.82, 2.24) is 20.6 Å². The Balaban J connectivity index is 1.47. The Morgan fingerprint density at radius 2 is 1.42 bits per heavy atom. The predicted molar refractivity (Wildman–Crippen MR) is 141 cm³/mol. The zero-order valence-electron chi connectivity index (χ0n) is 20.1. The van der Waals surface area contributed by atoms with Crippen molar-refractivity contribution in [3.63, 3.8) is 0 Å². The van der Waals surface area contributed by atoms with E-state index in [2.05, 4.69) is 25.9 Å². The van der Waals surface area contributed by atoms with Crippen LogP contribution in [0, 0.1) is 0 Å². The third-order valence-corrected chi connectivity index (χ3v) is 5.93. The molecule has 0 radical (unpaired) electrons. The average molecular weight is 482 g/mol. The molecule has 4 rings (SSSR count). The van der Waals surface area contributed by atoms with Gasteiger partial charge >= 0.3 is 0 Å². The van der Waals surface area contributed by atoms with Gasteiger partial charge in [0, 0.05) is 25.5 Å². The summed E-state index contributed by atoms with van der Waals surface area (Å²) >= 11 is 0. The van der Waals surface area contributed by atoms with Gasteiger partial charge in [-0.15, -0.1) is 0 Å². The van der Waals surface area contributed by atoms with E-state index in [1.807, 2.05) is 91.0 Å². The molecule has 184 valence electrons. The second-order valence-corrected chi connectivity index (χ2v) is 8.53. The van der Waals surface area contributed by atoms with Crippen LogP contribution >= 0.6 is 0 Å². The van der Waals surface area contributed by atoms with E-state index in [4.69, 9.17) is 0 Å². The van der Waals surface area contributed by atoms with Crippen molar-refractivity contribution in [2.75, 3.05) is 11.9 Å². The molecule has 0 saturated heterocycles. The van der Waals surface area contributed by atoms with Gasteiger partial charge in [-0.2, -0.15) is 0 Å². The molecule has 2 amide bonds. The Kier molecular flexibility index (Phi) is 8.86. The number of hydrogen-bond acceptors (Lipinski definition) is 4. The van der Waals surface area contributed by atoms with Crippen LogP contribution in [0.2, 0.25) is 0 Å². The quantitative estimate of drug-likeness (QED) is 0.228. The number of carbonyl (C=O) groups excluding carboxylic acids is 2. The third-order valence-electron chi connectivity index (χ3n) is 5.93. The van der Waals surface area contributed by atoms with E-state index < -0.39 is 12.0 Å². The van der Waals surface area contributed by atoms with Crippen molar-refractivity contribution in [2.24, 2.45) is 0 Å². The minimum Gasteiger partial charge on any atom is -0.356 e. The zero-order chi connectivity index (χ0) is 25.0. The Labute approximate surface area is 211 Å². The number of amides is 2. The lowest BCUT2D eigenvalue weighted by atomic mass is 9.90. The second-order valence-electron chi connectivity index (χ2n) is 8.53. The molecule has 1 aromatic heterocycles. The van der Waals surface area contributed by atoms with Gasteiger partial charge in [0.2, 0.25) is 11.8 Å². The van der Waals surface area contributed by atoms with Crippen molar-refractivity contribution in [1.29, 1.82) is 0 Å². The van der Waals surface area contributed by atoms with Crippen molar-refractivity contribution in [3.05, 3.63) is 120 Å². The summed E-state index contributed by atoms with van der Waals surface area (Å²) in [4.78, 5) is 34.0. The van der Waals surface area contributed by atoms with Gasteiger partial charge in [0.25, 0.3) is 0 Å². The molecular weight excluding hydrogens is 450 g/mol. The van der Waals surface area contributed by atoms with Gasteiger partial charge < -0.3 is 20.9 Å². The molecule has 4 aromatic rings. The molecule has 1 atom stereocenters. The first kappa shape index (κ1) is 24.7. The molecule has 0 spiro atoms. The molecule has 3 aromatic carbocycles. The summed E-state index contributed by atoms with van der Waals surface area (Å²) in [5, 5.41) is 9.22. The van der Waals surface area contributed by atoms with Gasteiger partial charge in [0.05, 0.1) is 5.92 Å². The normalized spacial score (nSPS) is 11.6. The molecule has 1 heterocycles. The maximum absolute atomic E-state index is 13.6. The lowest BCUT2D eigenvalue weighted by Crippen LogP contribution is -2.48. The highest BCUT2D eigenvalue weighted by Gasteiger charge is 2.27. The topological polar surface area (TPSA) is 98.9 Å². The minimum absolute atomic E-state index is 0.203. The smallest absolute Gasteiger partial charge is 0.242 e. The van der Waals surface area contributed by atoms with Crippen molar-refractivity contribution < 1.29 is 9.59 Å². The molecular formula is C29H31N5O2. The standard InChI is InChI=1S/C29H31N5O2/c35-27(33-21-22-11-4-1-5-12-22)25(17-10-18-30-29-31-19-20-32-29)34-28(36)26(23-13-6-2-7-14-23)24-15-8-3-9-16-24/h1-9,11-16,19-20,25-26H,10,17-18,21H2,(H,33,35)(H,34,36)(H2,30,31,32). The van der Waals surface area contributed by atoms with Crippen LogP contribution in [0.3, 0.4) is 0 Å². The van der Waals surface area contributed by atoms with Gasteiger partial charge in [-0.05, 0) is 29.5 Å². The summed E-state index contributed by atoms with van der Waals surface area (Å²) in [6.45, 7) is 1.02. The Morgan fingerprint density at radius 3 is 2.00 bits per heavy atom. The summed E-state index contributed by atoms with van der Waals surface area (Å²) in [6.07, 6.45) is 4.58. The molecule has 7 nitrogen and oxygen atoms in total. The number of benzene rings is 3. The number of anilines is 1. The summed E-state index contributed by atoms with van der Waals surface area (Å²) in [6, 6.07) is 28.3. The van der Waals surface area contributed by atoms with E-state index in [1.165, 1.54) is 0 Å². The van der Waals surface area contributed by atoms with Crippen molar-refractivity contribution in [2.45, 2.75) is 31.3 Å². The molecule has 0 aliphatic carbocycles. The Hall–Kier alpha value is -4.39. The number of aromatic amines is 1. The summed E-state index contributed by atoms with van der Waals surface area (Å²) in [5.41, 5.74) is 2.76. The van der Waals surface area contributed by atoms with Gasteiger partial charge in [0.15, 0.2) is 5.95 Å². The number of nitrogens with one attached hydrogen (secondary N) is 4. The fourth-order valence-corrected chi connectivity index (χ4v) is 4.09. The van der Waals surface area contributed by atoms with Crippen LogP contribution in [0.15, 0.2) is 103 Å². The highest BCUT2D eigenvalue weighted by molar-refractivity contribution is 5.92. The average Bonchev–Trinajstić information content (AvgIpc) is 3.45. The summed E-state index contributed by atoms with van der Waals surface area (Å²) in [7, 11) is 0. The fourth-order valence-electron chi connectivity index (χ4n) is 4.09. The Bertz CT molecular complexity index is 1160. The molecule has 0 saturated carbocycles. The molecule has 1 unspecified atom stereocenters. The lowest BCUT2D eigenvalue weighted by Gasteiger charge is -2.23. The van der Waals surface area contributed by atoms with Crippen LogP contribution in [0.5, 0.6) is 0 Å². The zero-order valence-corrected chi connectivity index (χ0v) is 20.1. The van der Waals surface area contributed by atoms with E-state index in [-0.39, 0.29) is 11.8 Å². The monoisotopic (exact) mass is 481 g/mol. The lowest BCUT2D eigenvalue weighted by molar-refractivity contribution is -0.129. The van der Waals surface area contributed by atoms with E-state index in [9.17, 15) is 9.59 Å².